The molecule has 0 aromatic carbocycles. The fourth-order valence-electron chi connectivity index (χ4n) is 4.25. The van der Waals surface area contributed by atoms with Gasteiger partial charge in [0.1, 0.15) is 11.0 Å². The minimum absolute atomic E-state index is 0.00767. The SMILES string of the molecule is CC(C)(C)c1cc(N2C(=O)C(O)CCC2C2CCCCC2)c(C(=O)O)s1. The van der Waals surface area contributed by atoms with Crippen molar-refractivity contribution in [3.8, 4) is 0 Å². The van der Waals surface area contributed by atoms with Gasteiger partial charge in [0.05, 0.1) is 5.69 Å². The predicted octanol–water partition coefficient (Wildman–Crippen LogP) is 4.18. The van der Waals surface area contributed by atoms with Crippen LogP contribution in [-0.2, 0) is 10.2 Å². The Hall–Kier alpha value is -1.40. The molecule has 2 atom stereocenters. The van der Waals surface area contributed by atoms with E-state index in [1.165, 1.54) is 17.8 Å². The number of amides is 1. The molecule has 144 valence electrons. The second-order valence-corrected chi connectivity index (χ2v) is 9.70. The molecular formula is C20H29NO4S. The van der Waals surface area contributed by atoms with Crippen LogP contribution in [0, 0.1) is 5.92 Å². The maximum Gasteiger partial charge on any atom is 0.348 e. The van der Waals surface area contributed by atoms with E-state index in [0.29, 0.717) is 18.0 Å². The zero-order valence-corrected chi connectivity index (χ0v) is 16.6. The molecule has 5 nitrogen and oxygen atoms in total. The van der Waals surface area contributed by atoms with E-state index in [-0.39, 0.29) is 22.2 Å². The number of aromatic carboxylic acids is 1. The summed E-state index contributed by atoms with van der Waals surface area (Å²) >= 11 is 1.25. The predicted molar refractivity (Wildman–Crippen MR) is 103 cm³/mol. The minimum Gasteiger partial charge on any atom is -0.477 e. The number of anilines is 1. The van der Waals surface area contributed by atoms with Crippen LogP contribution >= 0.6 is 11.3 Å². The number of nitrogens with zero attached hydrogens (tertiary/aromatic N) is 1. The van der Waals surface area contributed by atoms with Gasteiger partial charge in [0.2, 0.25) is 0 Å². The molecule has 3 rings (SSSR count). The lowest BCUT2D eigenvalue weighted by atomic mass is 9.79. The first kappa shape index (κ1) is 19.4. The Morgan fingerprint density at radius 1 is 1.15 bits per heavy atom. The molecule has 0 radical (unpaired) electrons. The van der Waals surface area contributed by atoms with Crippen LogP contribution in [0.5, 0.6) is 0 Å². The molecule has 0 bridgehead atoms. The molecule has 2 N–H and O–H groups in total. The Labute approximate surface area is 159 Å². The van der Waals surface area contributed by atoms with Crippen molar-refractivity contribution in [1.82, 2.24) is 0 Å². The number of piperidine rings is 1. The average molecular weight is 380 g/mol. The number of thiophene rings is 1. The normalized spacial score (nSPS) is 25.5. The van der Waals surface area contributed by atoms with Gasteiger partial charge in [-0.1, -0.05) is 40.0 Å². The first-order chi connectivity index (χ1) is 12.2. The van der Waals surface area contributed by atoms with Crippen LogP contribution in [0.2, 0.25) is 0 Å². The summed E-state index contributed by atoms with van der Waals surface area (Å²) in [5, 5.41) is 19.9. The minimum atomic E-state index is -1.03. The van der Waals surface area contributed by atoms with E-state index >= 15 is 0 Å². The summed E-state index contributed by atoms with van der Waals surface area (Å²) < 4.78 is 0. The standard InChI is InChI=1S/C20H29NO4S/c1-20(2,3)16-11-14(17(26-16)19(24)25)21-13(9-10-15(22)18(21)23)12-7-5-4-6-8-12/h11-13,15,22H,4-10H2,1-3H3,(H,24,25). The summed E-state index contributed by atoms with van der Waals surface area (Å²) in [6.07, 6.45) is 5.86. The van der Waals surface area contributed by atoms with Gasteiger partial charge in [-0.05, 0) is 43.1 Å². The number of hydrogen-bond donors (Lipinski definition) is 2. The quantitative estimate of drug-likeness (QED) is 0.826. The summed E-state index contributed by atoms with van der Waals surface area (Å²) in [5.74, 6) is -0.955. The summed E-state index contributed by atoms with van der Waals surface area (Å²) in [7, 11) is 0. The number of carboxylic acids is 1. The van der Waals surface area contributed by atoms with Crippen molar-refractivity contribution in [1.29, 1.82) is 0 Å². The monoisotopic (exact) mass is 379 g/mol. The van der Waals surface area contributed by atoms with Gasteiger partial charge in [0, 0.05) is 10.9 Å². The summed E-state index contributed by atoms with van der Waals surface area (Å²) in [4.78, 5) is 27.6. The molecule has 2 unspecified atom stereocenters. The van der Waals surface area contributed by atoms with Gasteiger partial charge < -0.3 is 15.1 Å². The molecule has 2 heterocycles. The van der Waals surface area contributed by atoms with E-state index in [4.69, 9.17) is 0 Å². The Bertz CT molecular complexity index is 684. The number of carbonyl (C=O) groups excluding carboxylic acids is 1. The Kier molecular flexibility index (Phi) is 5.45. The Morgan fingerprint density at radius 3 is 2.38 bits per heavy atom. The number of rotatable bonds is 3. The van der Waals surface area contributed by atoms with Crippen molar-refractivity contribution in [2.75, 3.05) is 4.90 Å². The Morgan fingerprint density at radius 2 is 1.81 bits per heavy atom. The first-order valence-electron chi connectivity index (χ1n) is 9.59. The van der Waals surface area contributed by atoms with Gasteiger partial charge >= 0.3 is 5.97 Å². The average Bonchev–Trinajstić information content (AvgIpc) is 3.03. The molecule has 1 amide bonds. The number of hydrogen-bond acceptors (Lipinski definition) is 4. The highest BCUT2D eigenvalue weighted by atomic mass is 32.1. The van der Waals surface area contributed by atoms with Gasteiger partial charge in [-0.15, -0.1) is 11.3 Å². The van der Waals surface area contributed by atoms with Crippen molar-refractivity contribution in [2.24, 2.45) is 5.92 Å². The fraction of sp³-hybridized carbons (Fsp3) is 0.700. The van der Waals surface area contributed by atoms with E-state index in [1.54, 1.807) is 4.90 Å². The van der Waals surface area contributed by atoms with Crippen LogP contribution in [0.1, 0.15) is 80.3 Å². The number of aliphatic hydroxyl groups excluding tert-OH is 1. The lowest BCUT2D eigenvalue weighted by Crippen LogP contribution is -2.54. The van der Waals surface area contributed by atoms with E-state index < -0.39 is 12.1 Å². The third-order valence-corrected chi connectivity index (χ3v) is 7.23. The van der Waals surface area contributed by atoms with Crippen LogP contribution in [0.4, 0.5) is 5.69 Å². The number of carboxylic acid groups (broad SMARTS) is 1. The van der Waals surface area contributed by atoms with Crippen molar-refractivity contribution in [3.63, 3.8) is 0 Å². The van der Waals surface area contributed by atoms with Crippen LogP contribution in [-0.4, -0.2) is 34.2 Å². The highest BCUT2D eigenvalue weighted by Gasteiger charge is 2.42. The lowest BCUT2D eigenvalue weighted by Gasteiger charge is -2.43. The third kappa shape index (κ3) is 3.67. The molecule has 1 saturated carbocycles. The molecule has 2 aliphatic rings. The van der Waals surface area contributed by atoms with Crippen molar-refractivity contribution in [3.05, 3.63) is 15.8 Å². The van der Waals surface area contributed by atoms with Crippen molar-refractivity contribution >= 4 is 28.9 Å². The number of aliphatic hydroxyl groups is 1. The van der Waals surface area contributed by atoms with E-state index in [2.05, 4.69) is 0 Å². The molecule has 0 spiro atoms. The van der Waals surface area contributed by atoms with Crippen LogP contribution in [0.3, 0.4) is 0 Å². The first-order valence-corrected chi connectivity index (χ1v) is 10.4. The second kappa shape index (κ2) is 7.31. The van der Waals surface area contributed by atoms with Gasteiger partial charge in [0.15, 0.2) is 0 Å². The topological polar surface area (TPSA) is 77.8 Å². The van der Waals surface area contributed by atoms with Gasteiger partial charge in [-0.3, -0.25) is 4.79 Å². The zero-order chi connectivity index (χ0) is 19.1. The van der Waals surface area contributed by atoms with E-state index in [1.807, 2.05) is 26.8 Å². The van der Waals surface area contributed by atoms with Crippen molar-refractivity contribution < 1.29 is 19.8 Å². The van der Waals surface area contributed by atoms with E-state index in [9.17, 15) is 19.8 Å². The highest BCUT2D eigenvalue weighted by molar-refractivity contribution is 7.14. The maximum atomic E-state index is 12.9. The fourth-order valence-corrected chi connectivity index (χ4v) is 5.30. The molecule has 1 aromatic rings. The molecule has 1 aliphatic heterocycles. The summed E-state index contributed by atoms with van der Waals surface area (Å²) in [5.41, 5.74) is 0.289. The maximum absolute atomic E-state index is 12.9. The molecule has 6 heteroatoms. The third-order valence-electron chi connectivity index (χ3n) is 5.69. The summed E-state index contributed by atoms with van der Waals surface area (Å²) in [6.45, 7) is 6.12. The molecule has 2 fully saturated rings. The molecular weight excluding hydrogens is 350 g/mol. The zero-order valence-electron chi connectivity index (χ0n) is 15.8. The van der Waals surface area contributed by atoms with E-state index in [0.717, 1.165) is 37.0 Å². The van der Waals surface area contributed by atoms with Gasteiger partial charge in [0.25, 0.3) is 5.91 Å². The number of carbonyl (C=O) groups is 2. The van der Waals surface area contributed by atoms with Crippen LogP contribution in [0.15, 0.2) is 6.07 Å². The Balaban J connectivity index is 2.05. The van der Waals surface area contributed by atoms with Gasteiger partial charge in [-0.2, -0.15) is 0 Å². The molecule has 1 saturated heterocycles. The van der Waals surface area contributed by atoms with Crippen molar-refractivity contribution in [2.45, 2.75) is 83.3 Å². The molecule has 1 aromatic heterocycles. The molecule has 26 heavy (non-hydrogen) atoms. The lowest BCUT2D eigenvalue weighted by molar-refractivity contribution is -0.129. The summed E-state index contributed by atoms with van der Waals surface area (Å²) in [6, 6.07) is 1.85. The smallest absolute Gasteiger partial charge is 0.348 e. The second-order valence-electron chi connectivity index (χ2n) is 8.65. The molecule has 1 aliphatic carbocycles. The van der Waals surface area contributed by atoms with Crippen LogP contribution < -0.4 is 4.90 Å². The largest absolute Gasteiger partial charge is 0.477 e. The van der Waals surface area contributed by atoms with Gasteiger partial charge in [-0.25, -0.2) is 4.79 Å². The van der Waals surface area contributed by atoms with Crippen LogP contribution in [0.25, 0.3) is 0 Å². The highest BCUT2D eigenvalue weighted by Crippen LogP contribution is 2.42.